The van der Waals surface area contributed by atoms with Gasteiger partial charge in [0, 0.05) is 42.4 Å². The first-order chi connectivity index (χ1) is 18.0. The third kappa shape index (κ3) is 4.01. The molecule has 1 aromatic carbocycles. The molecule has 0 atom stereocenters. The predicted octanol–water partition coefficient (Wildman–Crippen LogP) is 4.86. The number of likely N-dealkylation sites (N-methyl/N-ethyl adjacent to an activating group) is 1. The van der Waals surface area contributed by atoms with E-state index in [2.05, 4.69) is 14.9 Å². The lowest BCUT2D eigenvalue weighted by Crippen LogP contribution is -2.43. The summed E-state index contributed by atoms with van der Waals surface area (Å²) in [6.45, 7) is 3.55. The number of rotatable bonds is 7. The van der Waals surface area contributed by atoms with Gasteiger partial charge in [-0.15, -0.1) is 0 Å². The first-order valence-corrected chi connectivity index (χ1v) is 13.2. The lowest BCUT2D eigenvalue weighted by molar-refractivity contribution is -0.386. The molecular formula is C28H31N5O4. The average Bonchev–Trinajstić information content (AvgIpc) is 3.14. The molecule has 0 unspecified atom stereocenters. The number of benzene rings is 1. The van der Waals surface area contributed by atoms with Crippen LogP contribution in [0.1, 0.15) is 50.5 Å². The van der Waals surface area contributed by atoms with Crippen molar-refractivity contribution in [2.75, 3.05) is 38.2 Å². The number of pyridine rings is 2. The zero-order chi connectivity index (χ0) is 25.6. The summed E-state index contributed by atoms with van der Waals surface area (Å²) in [5.41, 5.74) is 3.52. The molecule has 3 aliphatic rings. The molecule has 1 aliphatic carbocycles. The van der Waals surface area contributed by atoms with Crippen molar-refractivity contribution >= 4 is 28.2 Å². The molecular weight excluding hydrogens is 470 g/mol. The van der Waals surface area contributed by atoms with Gasteiger partial charge in [-0.1, -0.05) is 18.9 Å². The summed E-state index contributed by atoms with van der Waals surface area (Å²) in [5.74, 6) is 0.184. The second kappa shape index (κ2) is 9.37. The van der Waals surface area contributed by atoms with Gasteiger partial charge in [0.1, 0.15) is 0 Å². The van der Waals surface area contributed by atoms with Crippen molar-refractivity contribution in [2.24, 2.45) is 0 Å². The van der Waals surface area contributed by atoms with Crippen molar-refractivity contribution in [3.63, 3.8) is 0 Å². The lowest BCUT2D eigenvalue weighted by atomic mass is 9.64. The Kier molecular flexibility index (Phi) is 6.03. The van der Waals surface area contributed by atoms with E-state index >= 15 is 0 Å². The van der Waals surface area contributed by atoms with E-state index in [1.54, 1.807) is 17.3 Å². The fourth-order valence-corrected chi connectivity index (χ4v) is 6.13. The Labute approximate surface area is 215 Å². The molecule has 0 bridgehead atoms. The number of fused-ring (bicyclic) bond motifs is 4. The van der Waals surface area contributed by atoms with Gasteiger partial charge in [-0.3, -0.25) is 19.9 Å². The summed E-state index contributed by atoms with van der Waals surface area (Å²) < 4.78 is 5.75. The minimum absolute atomic E-state index is 0.0522. The second-order valence-corrected chi connectivity index (χ2v) is 10.5. The van der Waals surface area contributed by atoms with Gasteiger partial charge in [0.25, 0.3) is 5.88 Å². The summed E-state index contributed by atoms with van der Waals surface area (Å²) in [5, 5.41) is 12.8. The van der Waals surface area contributed by atoms with Crippen LogP contribution in [0.25, 0.3) is 22.0 Å². The molecule has 2 aliphatic heterocycles. The number of carbonyl (C=O) groups is 1. The SMILES string of the molecule is CN1C(=O)C2(CCC2)c2c1cnc1ccc(-c3cnc(OCCCN4CCCCC4)c([N+](=O)[O-])c3)cc21. The van der Waals surface area contributed by atoms with E-state index in [1.165, 1.54) is 25.3 Å². The van der Waals surface area contributed by atoms with Gasteiger partial charge >= 0.3 is 5.69 Å². The summed E-state index contributed by atoms with van der Waals surface area (Å²) in [4.78, 5) is 37.6. The average molecular weight is 502 g/mol. The van der Waals surface area contributed by atoms with Gasteiger partial charge in [-0.25, -0.2) is 4.98 Å². The lowest BCUT2D eigenvalue weighted by Gasteiger charge is -2.37. The highest BCUT2D eigenvalue weighted by Crippen LogP contribution is 2.55. The smallest absolute Gasteiger partial charge is 0.331 e. The zero-order valence-electron chi connectivity index (χ0n) is 21.1. The third-order valence-corrected chi connectivity index (χ3v) is 8.28. The highest BCUT2D eigenvalue weighted by atomic mass is 16.6. The Morgan fingerprint density at radius 3 is 2.59 bits per heavy atom. The molecule has 9 nitrogen and oxygen atoms in total. The molecule has 192 valence electrons. The van der Waals surface area contributed by atoms with Crippen LogP contribution < -0.4 is 9.64 Å². The van der Waals surface area contributed by atoms with Crippen LogP contribution in [0.2, 0.25) is 0 Å². The van der Waals surface area contributed by atoms with E-state index in [9.17, 15) is 14.9 Å². The Morgan fingerprint density at radius 2 is 1.86 bits per heavy atom. The fraction of sp³-hybridized carbons (Fsp3) is 0.464. The van der Waals surface area contributed by atoms with Crippen LogP contribution in [0.3, 0.4) is 0 Å². The first kappa shape index (κ1) is 23.8. The molecule has 6 rings (SSSR count). The molecule has 0 radical (unpaired) electrons. The number of anilines is 1. The predicted molar refractivity (Wildman–Crippen MR) is 141 cm³/mol. The normalized spacial score (nSPS) is 18.7. The van der Waals surface area contributed by atoms with Gasteiger partial charge in [-0.2, -0.15) is 0 Å². The van der Waals surface area contributed by atoms with Gasteiger partial charge in [-0.05, 0) is 62.9 Å². The molecule has 1 saturated heterocycles. The number of carbonyl (C=O) groups excluding carboxylic acids is 1. The van der Waals surface area contributed by atoms with E-state index in [0.29, 0.717) is 12.2 Å². The highest BCUT2D eigenvalue weighted by molar-refractivity contribution is 6.13. The second-order valence-electron chi connectivity index (χ2n) is 10.5. The van der Waals surface area contributed by atoms with E-state index in [0.717, 1.165) is 73.0 Å². The third-order valence-electron chi connectivity index (χ3n) is 8.28. The van der Waals surface area contributed by atoms with Gasteiger partial charge in [0.15, 0.2) is 0 Å². The number of hydrogen-bond acceptors (Lipinski definition) is 7. The van der Waals surface area contributed by atoms with Crippen LogP contribution in [0.4, 0.5) is 11.4 Å². The van der Waals surface area contributed by atoms with Crippen molar-refractivity contribution in [3.8, 4) is 17.0 Å². The van der Waals surface area contributed by atoms with Crippen LogP contribution in [0.5, 0.6) is 5.88 Å². The molecule has 9 heteroatoms. The van der Waals surface area contributed by atoms with Gasteiger partial charge in [0.2, 0.25) is 5.91 Å². The summed E-state index contributed by atoms with van der Waals surface area (Å²) >= 11 is 0. The summed E-state index contributed by atoms with van der Waals surface area (Å²) in [6.07, 6.45) is 10.7. The maximum Gasteiger partial charge on any atom is 0.331 e. The van der Waals surface area contributed by atoms with Crippen LogP contribution in [0, 0.1) is 10.1 Å². The Hall–Kier alpha value is -3.59. The maximum absolute atomic E-state index is 13.1. The van der Waals surface area contributed by atoms with Crippen molar-refractivity contribution in [1.29, 1.82) is 0 Å². The molecule has 37 heavy (non-hydrogen) atoms. The number of piperidine rings is 1. The molecule has 2 aromatic heterocycles. The van der Waals surface area contributed by atoms with Gasteiger partial charge < -0.3 is 14.5 Å². The standard InChI is InChI=1S/C28H31N5O4/c1-31-24-18-29-22-8-7-19(15-21(22)25(24)28(27(31)34)9-5-10-28)20-16-23(33(35)36)26(30-17-20)37-14-6-13-32-11-3-2-4-12-32/h7-8,15-18H,2-6,9-14H2,1H3. The van der Waals surface area contributed by atoms with E-state index in [1.807, 2.05) is 25.2 Å². The Balaban J connectivity index is 1.28. The molecule has 1 spiro atoms. The van der Waals surface area contributed by atoms with Crippen molar-refractivity contribution in [3.05, 3.63) is 52.3 Å². The minimum atomic E-state index is -0.472. The van der Waals surface area contributed by atoms with Crippen LogP contribution >= 0.6 is 0 Å². The van der Waals surface area contributed by atoms with Crippen LogP contribution in [0.15, 0.2) is 36.7 Å². The summed E-state index contributed by atoms with van der Waals surface area (Å²) in [7, 11) is 1.81. The van der Waals surface area contributed by atoms with Crippen molar-refractivity contribution < 1.29 is 14.5 Å². The number of nitro groups is 1. The fourth-order valence-electron chi connectivity index (χ4n) is 6.13. The van der Waals surface area contributed by atoms with Crippen LogP contribution in [-0.2, 0) is 10.2 Å². The van der Waals surface area contributed by atoms with Crippen molar-refractivity contribution in [1.82, 2.24) is 14.9 Å². The minimum Gasteiger partial charge on any atom is -0.473 e. The number of hydrogen-bond donors (Lipinski definition) is 0. The number of aromatic nitrogens is 2. The zero-order valence-corrected chi connectivity index (χ0v) is 21.1. The molecule has 2 fully saturated rings. The molecule has 1 saturated carbocycles. The molecule has 3 aromatic rings. The monoisotopic (exact) mass is 501 g/mol. The molecule has 4 heterocycles. The van der Waals surface area contributed by atoms with Gasteiger partial charge in [0.05, 0.1) is 34.3 Å². The molecule has 1 amide bonds. The Bertz CT molecular complexity index is 1380. The topological polar surface area (TPSA) is 102 Å². The largest absolute Gasteiger partial charge is 0.473 e. The number of amides is 1. The summed E-state index contributed by atoms with van der Waals surface area (Å²) in [6, 6.07) is 7.33. The van der Waals surface area contributed by atoms with E-state index in [4.69, 9.17) is 4.74 Å². The highest BCUT2D eigenvalue weighted by Gasteiger charge is 2.54. The van der Waals surface area contributed by atoms with Crippen molar-refractivity contribution in [2.45, 2.75) is 50.4 Å². The molecule has 0 N–H and O–H groups in total. The number of likely N-dealkylation sites (tertiary alicyclic amines) is 1. The van der Waals surface area contributed by atoms with E-state index in [-0.39, 0.29) is 17.5 Å². The first-order valence-electron chi connectivity index (χ1n) is 13.2. The Morgan fingerprint density at radius 1 is 1.05 bits per heavy atom. The number of ether oxygens (including phenoxy) is 1. The number of nitrogens with zero attached hydrogens (tertiary/aromatic N) is 5. The maximum atomic E-state index is 13.1. The quantitative estimate of drug-likeness (QED) is 0.259. The van der Waals surface area contributed by atoms with E-state index < -0.39 is 10.3 Å². The van der Waals surface area contributed by atoms with Crippen LogP contribution in [-0.4, -0.2) is 59.0 Å².